The van der Waals surface area contributed by atoms with Gasteiger partial charge in [-0.05, 0) is 30.5 Å². The molecule has 2 unspecified atom stereocenters. The molecule has 0 saturated carbocycles. The summed E-state index contributed by atoms with van der Waals surface area (Å²) in [4.78, 5) is 2.42. The highest BCUT2D eigenvalue weighted by atomic mass is 79.9. The van der Waals surface area contributed by atoms with Gasteiger partial charge in [0.25, 0.3) is 0 Å². The van der Waals surface area contributed by atoms with E-state index < -0.39 is 0 Å². The Morgan fingerprint density at radius 2 is 1.95 bits per heavy atom. The second-order valence-corrected chi connectivity index (χ2v) is 6.09. The van der Waals surface area contributed by atoms with E-state index in [1.165, 1.54) is 6.42 Å². The molecule has 0 heterocycles. The molecule has 0 aliphatic rings. The summed E-state index contributed by atoms with van der Waals surface area (Å²) in [5, 5.41) is 10.3. The van der Waals surface area contributed by atoms with Crippen molar-refractivity contribution in [3.8, 4) is 0 Å². The molecule has 19 heavy (non-hydrogen) atoms. The summed E-state index contributed by atoms with van der Waals surface area (Å²) in [6, 6.07) is 7.91. The normalized spacial score (nSPS) is 14.6. The monoisotopic (exact) mass is 327 g/mol. The molecule has 0 saturated heterocycles. The summed E-state index contributed by atoms with van der Waals surface area (Å²) in [6.07, 6.45) is 1.61. The molecule has 2 atom stereocenters. The molecule has 0 fully saturated rings. The first kappa shape index (κ1) is 16.7. The minimum Gasteiger partial charge on any atom is -0.388 e. The molecule has 3 heteroatoms. The van der Waals surface area contributed by atoms with Crippen LogP contribution in [0.1, 0.15) is 45.3 Å². The van der Waals surface area contributed by atoms with Crippen molar-refractivity contribution in [1.29, 1.82) is 0 Å². The van der Waals surface area contributed by atoms with Crippen molar-refractivity contribution < 1.29 is 5.11 Å². The number of halogens is 1. The van der Waals surface area contributed by atoms with E-state index in [1.807, 2.05) is 24.3 Å². The zero-order valence-electron chi connectivity index (χ0n) is 12.3. The van der Waals surface area contributed by atoms with E-state index in [-0.39, 0.29) is 6.10 Å². The summed E-state index contributed by atoms with van der Waals surface area (Å²) >= 11 is 3.50. The van der Waals surface area contributed by atoms with Crippen LogP contribution in [0.2, 0.25) is 0 Å². The first-order valence-electron chi connectivity index (χ1n) is 7.23. The highest BCUT2D eigenvalue weighted by Crippen LogP contribution is 2.25. The summed E-state index contributed by atoms with van der Waals surface area (Å²) in [5.41, 5.74) is 0.988. The Morgan fingerprint density at radius 1 is 1.26 bits per heavy atom. The molecule has 0 aliphatic carbocycles. The minimum absolute atomic E-state index is 0.387. The lowest BCUT2D eigenvalue weighted by atomic mass is 10.1. The SMILES string of the molecule is CCC(C)CN(CC)CCC(O)c1ccccc1Br. The molecule has 1 rings (SSSR count). The maximum Gasteiger partial charge on any atom is 0.0813 e. The molecule has 0 amide bonds. The Kier molecular flexibility index (Phi) is 7.66. The number of hydrogen-bond acceptors (Lipinski definition) is 2. The van der Waals surface area contributed by atoms with E-state index in [9.17, 15) is 5.11 Å². The lowest BCUT2D eigenvalue weighted by Crippen LogP contribution is -2.30. The summed E-state index contributed by atoms with van der Waals surface area (Å²) < 4.78 is 0.993. The third kappa shape index (κ3) is 5.64. The van der Waals surface area contributed by atoms with E-state index >= 15 is 0 Å². The molecule has 1 aromatic carbocycles. The Morgan fingerprint density at radius 3 is 2.53 bits per heavy atom. The van der Waals surface area contributed by atoms with Crippen LogP contribution in [0.25, 0.3) is 0 Å². The predicted molar refractivity (Wildman–Crippen MR) is 85.3 cm³/mol. The standard InChI is InChI=1S/C16H26BrNO/c1-4-13(3)12-18(5-2)11-10-16(19)14-8-6-7-9-15(14)17/h6-9,13,16,19H,4-5,10-12H2,1-3H3. The van der Waals surface area contributed by atoms with Crippen LogP contribution in [-0.4, -0.2) is 29.6 Å². The van der Waals surface area contributed by atoms with Crippen molar-refractivity contribution in [3.63, 3.8) is 0 Å². The fourth-order valence-electron chi connectivity index (χ4n) is 2.15. The Labute approximate surface area is 126 Å². The lowest BCUT2D eigenvalue weighted by Gasteiger charge is -2.25. The van der Waals surface area contributed by atoms with Gasteiger partial charge in [0.2, 0.25) is 0 Å². The van der Waals surface area contributed by atoms with Crippen molar-refractivity contribution in [3.05, 3.63) is 34.3 Å². The van der Waals surface area contributed by atoms with Gasteiger partial charge in [0.05, 0.1) is 6.10 Å². The maximum absolute atomic E-state index is 10.3. The third-order valence-corrected chi connectivity index (χ3v) is 4.42. The largest absolute Gasteiger partial charge is 0.388 e. The number of aliphatic hydroxyl groups is 1. The van der Waals surface area contributed by atoms with Gasteiger partial charge in [-0.1, -0.05) is 61.3 Å². The van der Waals surface area contributed by atoms with Gasteiger partial charge >= 0.3 is 0 Å². The minimum atomic E-state index is -0.387. The van der Waals surface area contributed by atoms with Crippen LogP contribution in [0.5, 0.6) is 0 Å². The molecule has 0 bridgehead atoms. The average molecular weight is 328 g/mol. The van der Waals surface area contributed by atoms with Crippen LogP contribution >= 0.6 is 15.9 Å². The van der Waals surface area contributed by atoms with E-state index in [4.69, 9.17) is 0 Å². The van der Waals surface area contributed by atoms with Gasteiger partial charge in [-0.2, -0.15) is 0 Å². The Balaban J connectivity index is 2.48. The Hall–Kier alpha value is -0.380. The molecule has 108 valence electrons. The smallest absolute Gasteiger partial charge is 0.0813 e. The number of aliphatic hydroxyl groups excluding tert-OH is 1. The van der Waals surface area contributed by atoms with E-state index in [2.05, 4.69) is 41.6 Å². The van der Waals surface area contributed by atoms with Gasteiger partial charge in [0.1, 0.15) is 0 Å². The van der Waals surface area contributed by atoms with Crippen molar-refractivity contribution in [2.24, 2.45) is 5.92 Å². The summed E-state index contributed by atoms with van der Waals surface area (Å²) in [7, 11) is 0. The van der Waals surface area contributed by atoms with Crippen LogP contribution < -0.4 is 0 Å². The molecular weight excluding hydrogens is 302 g/mol. The molecule has 0 spiro atoms. The topological polar surface area (TPSA) is 23.5 Å². The molecule has 2 nitrogen and oxygen atoms in total. The first-order valence-corrected chi connectivity index (χ1v) is 8.02. The van der Waals surface area contributed by atoms with Gasteiger partial charge in [0.15, 0.2) is 0 Å². The molecule has 1 aromatic rings. The zero-order chi connectivity index (χ0) is 14.3. The average Bonchev–Trinajstić information content (AvgIpc) is 2.43. The highest BCUT2D eigenvalue weighted by Gasteiger charge is 2.13. The van der Waals surface area contributed by atoms with Gasteiger partial charge in [-0.3, -0.25) is 0 Å². The quantitative estimate of drug-likeness (QED) is 0.771. The fourth-order valence-corrected chi connectivity index (χ4v) is 2.70. The van der Waals surface area contributed by atoms with E-state index in [0.29, 0.717) is 0 Å². The number of nitrogens with zero attached hydrogens (tertiary/aromatic N) is 1. The second kappa shape index (κ2) is 8.72. The molecule has 0 aromatic heterocycles. The predicted octanol–water partition coefficient (Wildman–Crippen LogP) is 4.24. The van der Waals surface area contributed by atoms with Crippen LogP contribution in [0.3, 0.4) is 0 Å². The number of rotatable bonds is 8. The van der Waals surface area contributed by atoms with E-state index in [1.54, 1.807) is 0 Å². The van der Waals surface area contributed by atoms with Crippen LogP contribution in [0.4, 0.5) is 0 Å². The van der Waals surface area contributed by atoms with Crippen molar-refractivity contribution in [2.45, 2.75) is 39.7 Å². The first-order chi connectivity index (χ1) is 9.08. The number of benzene rings is 1. The van der Waals surface area contributed by atoms with Gasteiger partial charge in [-0.25, -0.2) is 0 Å². The van der Waals surface area contributed by atoms with Crippen LogP contribution in [0.15, 0.2) is 28.7 Å². The van der Waals surface area contributed by atoms with Gasteiger partial charge < -0.3 is 10.0 Å². The Bertz CT molecular complexity index is 370. The zero-order valence-corrected chi connectivity index (χ0v) is 13.9. The van der Waals surface area contributed by atoms with Crippen molar-refractivity contribution >= 4 is 15.9 Å². The van der Waals surface area contributed by atoms with Gasteiger partial charge in [0, 0.05) is 17.6 Å². The molecule has 0 aliphatic heterocycles. The summed E-state index contributed by atoms with van der Waals surface area (Å²) in [6.45, 7) is 9.82. The summed E-state index contributed by atoms with van der Waals surface area (Å²) in [5.74, 6) is 0.723. The van der Waals surface area contributed by atoms with Crippen LogP contribution in [0, 0.1) is 5.92 Å². The van der Waals surface area contributed by atoms with Crippen LogP contribution in [-0.2, 0) is 0 Å². The van der Waals surface area contributed by atoms with Crippen molar-refractivity contribution in [2.75, 3.05) is 19.6 Å². The molecular formula is C16H26BrNO. The van der Waals surface area contributed by atoms with Crippen molar-refractivity contribution in [1.82, 2.24) is 4.90 Å². The van der Waals surface area contributed by atoms with E-state index in [0.717, 1.165) is 42.0 Å². The van der Waals surface area contributed by atoms with Gasteiger partial charge in [-0.15, -0.1) is 0 Å². The maximum atomic E-state index is 10.3. The lowest BCUT2D eigenvalue weighted by molar-refractivity contribution is 0.137. The fraction of sp³-hybridized carbons (Fsp3) is 0.625. The third-order valence-electron chi connectivity index (χ3n) is 3.70. The molecule has 0 radical (unpaired) electrons. The highest BCUT2D eigenvalue weighted by molar-refractivity contribution is 9.10. The molecule has 1 N–H and O–H groups in total. The number of hydrogen-bond donors (Lipinski definition) is 1. The second-order valence-electron chi connectivity index (χ2n) is 5.23.